The monoisotopic (exact) mass is 412 g/mol. The Morgan fingerprint density at radius 2 is 1.86 bits per heavy atom. The maximum Gasteiger partial charge on any atom is 0.227 e. The van der Waals surface area contributed by atoms with Gasteiger partial charge in [0.1, 0.15) is 5.75 Å². The molecule has 154 valence electrons. The van der Waals surface area contributed by atoms with Crippen LogP contribution in [-0.2, 0) is 16.1 Å². The van der Waals surface area contributed by atoms with Gasteiger partial charge in [0.25, 0.3) is 0 Å². The largest absolute Gasteiger partial charge is 0.493 e. The van der Waals surface area contributed by atoms with Crippen LogP contribution in [0.2, 0.25) is 0 Å². The molecule has 1 aliphatic rings. The highest BCUT2D eigenvalue weighted by Crippen LogP contribution is 2.34. The Kier molecular flexibility index (Phi) is 7.58. The van der Waals surface area contributed by atoms with Crippen molar-refractivity contribution in [2.45, 2.75) is 38.1 Å². The van der Waals surface area contributed by atoms with Crippen LogP contribution < -0.4 is 15.0 Å². The van der Waals surface area contributed by atoms with Gasteiger partial charge in [0.2, 0.25) is 11.8 Å². The number of para-hydroxylation sites is 2. The lowest BCUT2D eigenvalue weighted by Gasteiger charge is -2.29. The van der Waals surface area contributed by atoms with E-state index in [1.54, 1.807) is 16.7 Å². The number of ether oxygens (including phenoxy) is 1. The molecule has 3 rings (SSSR count). The molecule has 1 aliphatic heterocycles. The first kappa shape index (κ1) is 21.2. The molecule has 5 nitrogen and oxygen atoms in total. The Bertz CT molecular complexity index is 854. The highest BCUT2D eigenvalue weighted by molar-refractivity contribution is 7.99. The van der Waals surface area contributed by atoms with Crippen molar-refractivity contribution >= 4 is 29.3 Å². The van der Waals surface area contributed by atoms with Gasteiger partial charge in [0, 0.05) is 42.1 Å². The molecular formula is C23H28N2O3S. The quantitative estimate of drug-likeness (QED) is 0.704. The van der Waals surface area contributed by atoms with Crippen molar-refractivity contribution in [2.24, 2.45) is 5.92 Å². The van der Waals surface area contributed by atoms with Crippen molar-refractivity contribution in [2.75, 3.05) is 23.8 Å². The Balaban J connectivity index is 1.49. The standard InChI is InChI=1S/C23H28N2O3S/c1-17(2)16-28-20-9-5-3-7-18(20)15-24-22(26)11-12-23(27)25-13-14-29-21-10-6-4-8-19(21)25/h3-10,17H,11-16H2,1-2H3,(H,24,26). The number of carbonyl (C=O) groups excluding carboxylic acids is 2. The first-order valence-electron chi connectivity index (χ1n) is 10.0. The molecule has 0 unspecified atom stereocenters. The van der Waals surface area contributed by atoms with Crippen LogP contribution in [0.25, 0.3) is 0 Å². The van der Waals surface area contributed by atoms with Crippen LogP contribution in [-0.4, -0.2) is 30.7 Å². The fourth-order valence-electron chi connectivity index (χ4n) is 3.11. The molecule has 0 atom stereocenters. The summed E-state index contributed by atoms with van der Waals surface area (Å²) in [6.45, 7) is 5.91. The molecule has 0 spiro atoms. The molecule has 0 aliphatic carbocycles. The summed E-state index contributed by atoms with van der Waals surface area (Å²) in [6.07, 6.45) is 0.385. The second kappa shape index (κ2) is 10.3. The summed E-state index contributed by atoms with van der Waals surface area (Å²) in [4.78, 5) is 27.9. The predicted molar refractivity (Wildman–Crippen MR) is 117 cm³/mol. The first-order valence-corrected chi connectivity index (χ1v) is 11.0. The van der Waals surface area contributed by atoms with E-state index in [1.807, 2.05) is 48.5 Å². The van der Waals surface area contributed by atoms with Gasteiger partial charge in [0.15, 0.2) is 0 Å². The predicted octanol–water partition coefficient (Wildman–Crippen LogP) is 4.26. The number of benzene rings is 2. The molecule has 0 bridgehead atoms. The van der Waals surface area contributed by atoms with Crippen molar-refractivity contribution in [3.8, 4) is 5.75 Å². The smallest absolute Gasteiger partial charge is 0.227 e. The molecule has 6 heteroatoms. The van der Waals surface area contributed by atoms with Gasteiger partial charge in [0.05, 0.1) is 12.3 Å². The maximum atomic E-state index is 12.7. The minimum atomic E-state index is -0.128. The number of anilines is 1. The number of rotatable bonds is 8. The number of nitrogens with one attached hydrogen (secondary N) is 1. The zero-order chi connectivity index (χ0) is 20.6. The number of carbonyl (C=O) groups is 2. The van der Waals surface area contributed by atoms with E-state index in [1.165, 1.54) is 0 Å². The molecule has 29 heavy (non-hydrogen) atoms. The Labute approximate surface area is 176 Å². The normalized spacial score (nSPS) is 13.1. The summed E-state index contributed by atoms with van der Waals surface area (Å²) in [5.74, 6) is 1.97. The summed E-state index contributed by atoms with van der Waals surface area (Å²) in [6, 6.07) is 15.6. The molecule has 2 aromatic rings. The van der Waals surface area contributed by atoms with Crippen molar-refractivity contribution in [1.29, 1.82) is 0 Å². The van der Waals surface area contributed by atoms with E-state index in [0.717, 1.165) is 27.6 Å². The van der Waals surface area contributed by atoms with Crippen LogP contribution in [0.3, 0.4) is 0 Å². The fraction of sp³-hybridized carbons (Fsp3) is 0.391. The molecule has 0 saturated carbocycles. The van der Waals surface area contributed by atoms with Gasteiger partial charge in [-0.25, -0.2) is 0 Å². The van der Waals surface area contributed by atoms with Crippen LogP contribution in [0.15, 0.2) is 53.4 Å². The van der Waals surface area contributed by atoms with Gasteiger partial charge in [-0.15, -0.1) is 11.8 Å². The Morgan fingerprint density at radius 3 is 2.69 bits per heavy atom. The van der Waals surface area contributed by atoms with Crippen molar-refractivity contribution in [3.05, 3.63) is 54.1 Å². The number of hydrogen-bond acceptors (Lipinski definition) is 4. The van der Waals surface area contributed by atoms with Crippen molar-refractivity contribution in [3.63, 3.8) is 0 Å². The molecule has 0 fully saturated rings. The molecule has 2 amide bonds. The van der Waals surface area contributed by atoms with Crippen molar-refractivity contribution in [1.82, 2.24) is 5.32 Å². The van der Waals surface area contributed by atoms with E-state index >= 15 is 0 Å². The van der Waals surface area contributed by atoms with E-state index in [9.17, 15) is 9.59 Å². The number of fused-ring (bicyclic) bond motifs is 1. The third-order valence-corrected chi connectivity index (χ3v) is 5.66. The van der Waals surface area contributed by atoms with E-state index in [-0.39, 0.29) is 24.7 Å². The lowest BCUT2D eigenvalue weighted by Crippen LogP contribution is -2.36. The van der Waals surface area contributed by atoms with Gasteiger partial charge >= 0.3 is 0 Å². The molecule has 1 N–H and O–H groups in total. The highest BCUT2D eigenvalue weighted by Gasteiger charge is 2.22. The minimum Gasteiger partial charge on any atom is -0.493 e. The van der Waals surface area contributed by atoms with E-state index in [4.69, 9.17) is 4.74 Å². The van der Waals surface area contributed by atoms with Crippen molar-refractivity contribution < 1.29 is 14.3 Å². The Hall–Kier alpha value is -2.47. The molecule has 0 saturated heterocycles. The molecule has 0 radical (unpaired) electrons. The van der Waals surface area contributed by atoms with Crippen LogP contribution in [0.4, 0.5) is 5.69 Å². The van der Waals surface area contributed by atoms with E-state index in [2.05, 4.69) is 19.2 Å². The zero-order valence-electron chi connectivity index (χ0n) is 17.0. The topological polar surface area (TPSA) is 58.6 Å². The van der Waals surface area contributed by atoms with E-state index < -0.39 is 0 Å². The second-order valence-electron chi connectivity index (χ2n) is 7.45. The SMILES string of the molecule is CC(C)COc1ccccc1CNC(=O)CCC(=O)N1CCSc2ccccc21. The van der Waals surface area contributed by atoms with Gasteiger partial charge in [-0.3, -0.25) is 9.59 Å². The number of hydrogen-bond donors (Lipinski definition) is 1. The third-order valence-electron chi connectivity index (χ3n) is 4.62. The molecule has 0 aromatic heterocycles. The zero-order valence-corrected chi connectivity index (χ0v) is 17.8. The average molecular weight is 413 g/mol. The summed E-state index contributed by atoms with van der Waals surface area (Å²) in [5.41, 5.74) is 1.89. The lowest BCUT2D eigenvalue weighted by atomic mass is 10.2. The average Bonchev–Trinajstić information content (AvgIpc) is 2.74. The molecule has 2 aromatic carbocycles. The summed E-state index contributed by atoms with van der Waals surface area (Å²) >= 11 is 1.76. The molecule has 1 heterocycles. The van der Waals surface area contributed by atoms with Gasteiger partial charge in [-0.05, 0) is 24.1 Å². The summed E-state index contributed by atoms with van der Waals surface area (Å²) in [7, 11) is 0. The van der Waals surface area contributed by atoms with Gasteiger partial charge in [-0.2, -0.15) is 0 Å². The lowest BCUT2D eigenvalue weighted by molar-refractivity contribution is -0.125. The first-order chi connectivity index (χ1) is 14.0. The number of amides is 2. The van der Waals surface area contributed by atoms with Crippen LogP contribution in [0.5, 0.6) is 5.75 Å². The van der Waals surface area contributed by atoms with Gasteiger partial charge in [-0.1, -0.05) is 44.2 Å². The minimum absolute atomic E-state index is 0.00596. The second-order valence-corrected chi connectivity index (χ2v) is 8.59. The van der Waals surface area contributed by atoms with Crippen LogP contribution in [0, 0.1) is 5.92 Å². The Morgan fingerprint density at radius 1 is 1.10 bits per heavy atom. The number of thioether (sulfide) groups is 1. The fourth-order valence-corrected chi connectivity index (χ4v) is 4.11. The molecular weight excluding hydrogens is 384 g/mol. The maximum absolute atomic E-state index is 12.7. The van der Waals surface area contributed by atoms with E-state index in [0.29, 0.717) is 25.6 Å². The van der Waals surface area contributed by atoms with Crippen LogP contribution >= 0.6 is 11.8 Å². The number of nitrogens with zero attached hydrogens (tertiary/aromatic N) is 1. The summed E-state index contributed by atoms with van der Waals surface area (Å²) < 4.78 is 5.83. The highest BCUT2D eigenvalue weighted by atomic mass is 32.2. The summed E-state index contributed by atoms with van der Waals surface area (Å²) in [5, 5.41) is 2.91. The third kappa shape index (κ3) is 6.00. The van der Waals surface area contributed by atoms with Gasteiger partial charge < -0.3 is 15.0 Å². The van der Waals surface area contributed by atoms with Crippen LogP contribution in [0.1, 0.15) is 32.3 Å².